The summed E-state index contributed by atoms with van der Waals surface area (Å²) >= 11 is 3.37. The van der Waals surface area contributed by atoms with Gasteiger partial charge in [-0.3, -0.25) is 0 Å². The third-order valence-electron chi connectivity index (χ3n) is 2.98. The molecular weight excluding hydrogens is 336 g/mol. The summed E-state index contributed by atoms with van der Waals surface area (Å²) in [6.07, 6.45) is 3.43. The fraction of sp³-hybridized carbons (Fsp3) is 0.0714. The molecule has 0 atom stereocenters. The molecule has 0 fully saturated rings. The van der Waals surface area contributed by atoms with Crippen molar-refractivity contribution in [1.29, 1.82) is 0 Å². The Balaban J connectivity index is 2.00. The second-order valence-corrected chi connectivity index (χ2v) is 5.37. The lowest BCUT2D eigenvalue weighted by molar-refractivity contribution is 0.0697. The van der Waals surface area contributed by atoms with Crippen LogP contribution in [-0.4, -0.2) is 25.7 Å². The fourth-order valence-corrected chi connectivity index (χ4v) is 2.50. The molecule has 0 saturated carbocycles. The van der Waals surface area contributed by atoms with E-state index in [1.165, 1.54) is 6.07 Å². The van der Waals surface area contributed by atoms with Gasteiger partial charge in [0.25, 0.3) is 0 Å². The lowest BCUT2D eigenvalue weighted by Gasteiger charge is -2.09. The zero-order chi connectivity index (χ0) is 15.0. The van der Waals surface area contributed by atoms with Crippen molar-refractivity contribution < 1.29 is 9.90 Å². The zero-order valence-electron chi connectivity index (χ0n) is 11.0. The van der Waals surface area contributed by atoms with Gasteiger partial charge in [0, 0.05) is 16.9 Å². The number of hydrogen-bond donors (Lipinski definition) is 2. The fourth-order valence-electron chi connectivity index (χ4n) is 2.02. The van der Waals surface area contributed by atoms with Gasteiger partial charge in [-0.05, 0) is 47.1 Å². The van der Waals surface area contributed by atoms with Crippen molar-refractivity contribution in [3.05, 3.63) is 52.4 Å². The van der Waals surface area contributed by atoms with Crippen molar-refractivity contribution in [3.63, 3.8) is 0 Å². The van der Waals surface area contributed by atoms with Crippen molar-refractivity contribution in [2.24, 2.45) is 0 Å². The highest BCUT2D eigenvalue weighted by Gasteiger charge is 2.10. The van der Waals surface area contributed by atoms with Crippen LogP contribution in [0.5, 0.6) is 0 Å². The number of carboxylic acid groups (broad SMARTS) is 1. The standard InChI is InChI=1S/C14H11BrN4O2/c1-8-6-12-13(16-4-5-19(12)18-8)17-11-3-2-9(14(20)21)7-10(11)15/h2-7H,1H3,(H,16,17)(H,20,21). The molecule has 0 spiro atoms. The average Bonchev–Trinajstić information content (AvgIpc) is 2.82. The van der Waals surface area contributed by atoms with Crippen LogP contribution in [0.3, 0.4) is 0 Å². The van der Waals surface area contributed by atoms with E-state index in [0.29, 0.717) is 10.3 Å². The second kappa shape index (κ2) is 5.17. The van der Waals surface area contributed by atoms with Crippen LogP contribution in [0.1, 0.15) is 16.1 Å². The molecule has 0 aliphatic rings. The van der Waals surface area contributed by atoms with Crippen LogP contribution < -0.4 is 5.32 Å². The first kappa shape index (κ1) is 13.6. The number of nitrogens with one attached hydrogen (secondary N) is 1. The predicted molar refractivity (Wildman–Crippen MR) is 82.1 cm³/mol. The highest BCUT2D eigenvalue weighted by atomic mass is 79.9. The van der Waals surface area contributed by atoms with Gasteiger partial charge in [0.15, 0.2) is 5.82 Å². The molecule has 0 bridgehead atoms. The Bertz CT molecular complexity index is 844. The Kier molecular flexibility index (Phi) is 3.34. The summed E-state index contributed by atoms with van der Waals surface area (Å²) < 4.78 is 2.40. The first-order chi connectivity index (χ1) is 10.0. The summed E-state index contributed by atoms with van der Waals surface area (Å²) in [7, 11) is 0. The zero-order valence-corrected chi connectivity index (χ0v) is 12.6. The van der Waals surface area contributed by atoms with E-state index in [1.54, 1.807) is 29.0 Å². The van der Waals surface area contributed by atoms with Crippen molar-refractivity contribution in [2.75, 3.05) is 5.32 Å². The van der Waals surface area contributed by atoms with Crippen LogP contribution in [-0.2, 0) is 0 Å². The normalized spacial score (nSPS) is 10.8. The number of hydrogen-bond acceptors (Lipinski definition) is 4. The quantitative estimate of drug-likeness (QED) is 0.760. The Hall–Kier alpha value is -2.41. The molecule has 7 heteroatoms. The third-order valence-corrected chi connectivity index (χ3v) is 3.64. The lowest BCUT2D eigenvalue weighted by Crippen LogP contribution is -2.00. The molecular formula is C14H11BrN4O2. The number of carboxylic acids is 1. The number of nitrogens with zero attached hydrogens (tertiary/aromatic N) is 3. The number of fused-ring (bicyclic) bond motifs is 1. The highest BCUT2D eigenvalue weighted by Crippen LogP contribution is 2.28. The molecule has 2 aromatic heterocycles. The van der Waals surface area contributed by atoms with E-state index in [9.17, 15) is 4.79 Å². The molecule has 106 valence electrons. The number of aromatic carboxylic acids is 1. The van der Waals surface area contributed by atoms with Gasteiger partial charge in [0.2, 0.25) is 0 Å². The van der Waals surface area contributed by atoms with Gasteiger partial charge in [-0.15, -0.1) is 0 Å². The van der Waals surface area contributed by atoms with Gasteiger partial charge >= 0.3 is 5.97 Å². The summed E-state index contributed by atoms with van der Waals surface area (Å²) in [6, 6.07) is 6.71. The minimum Gasteiger partial charge on any atom is -0.478 e. The largest absolute Gasteiger partial charge is 0.478 e. The topological polar surface area (TPSA) is 79.5 Å². The van der Waals surface area contributed by atoms with E-state index in [2.05, 4.69) is 31.3 Å². The van der Waals surface area contributed by atoms with Crippen LogP contribution in [0.25, 0.3) is 5.52 Å². The Morgan fingerprint density at radius 3 is 2.90 bits per heavy atom. The lowest BCUT2D eigenvalue weighted by atomic mass is 10.2. The average molecular weight is 347 g/mol. The molecule has 21 heavy (non-hydrogen) atoms. The molecule has 1 aromatic carbocycles. The number of benzene rings is 1. The van der Waals surface area contributed by atoms with E-state index in [0.717, 1.165) is 16.9 Å². The number of carbonyl (C=O) groups is 1. The van der Waals surface area contributed by atoms with E-state index < -0.39 is 5.97 Å². The SMILES string of the molecule is Cc1cc2c(Nc3ccc(C(=O)O)cc3Br)nccn2n1. The molecule has 3 rings (SSSR count). The molecule has 3 aromatic rings. The number of rotatable bonds is 3. The molecule has 0 unspecified atom stereocenters. The Morgan fingerprint density at radius 1 is 1.38 bits per heavy atom. The molecule has 0 aliphatic heterocycles. The summed E-state index contributed by atoms with van der Waals surface area (Å²) in [5, 5.41) is 16.5. The van der Waals surface area contributed by atoms with Crippen molar-refractivity contribution in [2.45, 2.75) is 6.92 Å². The highest BCUT2D eigenvalue weighted by molar-refractivity contribution is 9.10. The molecule has 0 aliphatic carbocycles. The van der Waals surface area contributed by atoms with E-state index in [4.69, 9.17) is 5.11 Å². The van der Waals surface area contributed by atoms with Crippen LogP contribution in [0, 0.1) is 6.92 Å². The van der Waals surface area contributed by atoms with Gasteiger partial charge in [-0.25, -0.2) is 14.3 Å². The van der Waals surface area contributed by atoms with Crippen LogP contribution in [0.15, 0.2) is 41.1 Å². The first-order valence-corrected chi connectivity index (χ1v) is 6.95. The summed E-state index contributed by atoms with van der Waals surface area (Å²) in [5.74, 6) is -0.309. The number of halogens is 1. The van der Waals surface area contributed by atoms with E-state index in [1.807, 2.05) is 13.0 Å². The predicted octanol–water partition coefficient (Wildman–Crippen LogP) is 3.24. The Labute approximate surface area is 128 Å². The van der Waals surface area contributed by atoms with Gasteiger partial charge < -0.3 is 10.4 Å². The Morgan fingerprint density at radius 2 is 2.19 bits per heavy atom. The van der Waals surface area contributed by atoms with Gasteiger partial charge in [-0.1, -0.05) is 0 Å². The molecule has 6 nitrogen and oxygen atoms in total. The summed E-state index contributed by atoms with van der Waals surface area (Å²) in [5.41, 5.74) is 2.70. The van der Waals surface area contributed by atoms with Gasteiger partial charge in [-0.2, -0.15) is 5.10 Å². The van der Waals surface area contributed by atoms with Gasteiger partial charge in [0.05, 0.1) is 16.9 Å². The van der Waals surface area contributed by atoms with Crippen molar-refractivity contribution >= 4 is 38.9 Å². The molecule has 0 radical (unpaired) electrons. The van der Waals surface area contributed by atoms with Crippen molar-refractivity contribution in [1.82, 2.24) is 14.6 Å². The number of aryl methyl sites for hydroxylation is 1. The van der Waals surface area contributed by atoms with Crippen LogP contribution in [0.4, 0.5) is 11.5 Å². The summed E-state index contributed by atoms with van der Waals surface area (Å²) in [4.78, 5) is 15.2. The molecule has 2 N–H and O–H groups in total. The minimum atomic E-state index is -0.964. The maximum atomic E-state index is 10.9. The summed E-state index contributed by atoms with van der Waals surface area (Å²) in [6.45, 7) is 1.91. The maximum absolute atomic E-state index is 10.9. The second-order valence-electron chi connectivity index (χ2n) is 4.52. The van der Waals surface area contributed by atoms with Crippen LogP contribution in [0.2, 0.25) is 0 Å². The molecule has 0 saturated heterocycles. The van der Waals surface area contributed by atoms with Crippen molar-refractivity contribution in [3.8, 4) is 0 Å². The smallest absolute Gasteiger partial charge is 0.335 e. The van der Waals surface area contributed by atoms with E-state index in [-0.39, 0.29) is 5.56 Å². The van der Waals surface area contributed by atoms with Gasteiger partial charge in [0.1, 0.15) is 5.52 Å². The minimum absolute atomic E-state index is 0.221. The maximum Gasteiger partial charge on any atom is 0.335 e. The first-order valence-electron chi connectivity index (χ1n) is 6.15. The monoisotopic (exact) mass is 346 g/mol. The van der Waals surface area contributed by atoms with Crippen LogP contribution >= 0.6 is 15.9 Å². The molecule has 2 heterocycles. The number of anilines is 2. The van der Waals surface area contributed by atoms with E-state index >= 15 is 0 Å². The third kappa shape index (κ3) is 2.59. The molecule has 0 amide bonds. The number of aromatic nitrogens is 3.